The van der Waals surface area contributed by atoms with Crippen LogP contribution in [0.3, 0.4) is 0 Å². The standard InChI is InChI=1S/C13H18F3NO/c1-4-12(2,3)17-11(18)9-6-5-7-10(8-9)13(14,15)16/h1,9-10H,5-8H2,2-3H3,(H,17,18). The van der Waals surface area contributed by atoms with Crippen LogP contribution in [0.25, 0.3) is 0 Å². The van der Waals surface area contributed by atoms with Gasteiger partial charge in [-0.1, -0.05) is 12.3 Å². The van der Waals surface area contributed by atoms with Gasteiger partial charge in [0.05, 0.1) is 11.5 Å². The highest BCUT2D eigenvalue weighted by molar-refractivity contribution is 5.80. The number of hydrogen-bond acceptors (Lipinski definition) is 1. The first-order valence-corrected chi connectivity index (χ1v) is 6.02. The molecule has 0 saturated heterocycles. The second kappa shape index (κ2) is 5.21. The van der Waals surface area contributed by atoms with E-state index in [9.17, 15) is 18.0 Å². The minimum Gasteiger partial charge on any atom is -0.340 e. The highest BCUT2D eigenvalue weighted by Gasteiger charge is 2.43. The highest BCUT2D eigenvalue weighted by atomic mass is 19.4. The molecule has 0 radical (unpaired) electrons. The Hall–Kier alpha value is -1.18. The Bertz CT molecular complexity index is 354. The lowest BCUT2D eigenvalue weighted by molar-refractivity contribution is -0.186. The van der Waals surface area contributed by atoms with E-state index < -0.39 is 23.6 Å². The first-order chi connectivity index (χ1) is 8.15. The van der Waals surface area contributed by atoms with Gasteiger partial charge in [0.2, 0.25) is 5.91 Å². The molecule has 1 aliphatic carbocycles. The summed E-state index contributed by atoms with van der Waals surface area (Å²) in [4.78, 5) is 11.9. The zero-order valence-corrected chi connectivity index (χ0v) is 10.6. The summed E-state index contributed by atoms with van der Waals surface area (Å²) in [6.07, 6.45) is 1.94. The average Bonchev–Trinajstić information content (AvgIpc) is 2.27. The van der Waals surface area contributed by atoms with Crippen molar-refractivity contribution in [2.75, 3.05) is 0 Å². The Morgan fingerprint density at radius 1 is 1.33 bits per heavy atom. The van der Waals surface area contributed by atoms with Crippen LogP contribution in [0.1, 0.15) is 39.5 Å². The van der Waals surface area contributed by atoms with Gasteiger partial charge in [-0.2, -0.15) is 13.2 Å². The molecule has 102 valence electrons. The number of carbonyl (C=O) groups excluding carboxylic acids is 1. The Morgan fingerprint density at radius 3 is 2.44 bits per heavy atom. The van der Waals surface area contributed by atoms with E-state index in [-0.39, 0.29) is 18.7 Å². The van der Waals surface area contributed by atoms with Crippen molar-refractivity contribution in [1.82, 2.24) is 5.32 Å². The quantitative estimate of drug-likeness (QED) is 0.761. The maximum atomic E-state index is 12.6. The van der Waals surface area contributed by atoms with Crippen LogP contribution in [0, 0.1) is 24.2 Å². The summed E-state index contributed by atoms with van der Waals surface area (Å²) in [6.45, 7) is 3.30. The molecule has 1 fully saturated rings. The molecule has 0 heterocycles. The molecule has 1 aliphatic rings. The third-order valence-corrected chi connectivity index (χ3v) is 3.30. The number of carbonyl (C=O) groups is 1. The molecule has 0 aromatic carbocycles. The second-order valence-electron chi connectivity index (χ2n) is 5.36. The van der Waals surface area contributed by atoms with E-state index in [0.29, 0.717) is 12.8 Å². The van der Waals surface area contributed by atoms with Crippen LogP contribution in [0.15, 0.2) is 0 Å². The van der Waals surface area contributed by atoms with Gasteiger partial charge in [0.15, 0.2) is 0 Å². The van der Waals surface area contributed by atoms with Crippen molar-refractivity contribution in [2.24, 2.45) is 11.8 Å². The number of hydrogen-bond donors (Lipinski definition) is 1. The molecule has 2 nitrogen and oxygen atoms in total. The first kappa shape index (κ1) is 14.9. The molecule has 0 spiro atoms. The maximum Gasteiger partial charge on any atom is 0.391 e. The van der Waals surface area contributed by atoms with Crippen molar-refractivity contribution in [1.29, 1.82) is 0 Å². The largest absolute Gasteiger partial charge is 0.391 e. The average molecular weight is 261 g/mol. The van der Waals surface area contributed by atoms with Gasteiger partial charge >= 0.3 is 6.18 Å². The number of nitrogens with one attached hydrogen (secondary N) is 1. The molecule has 18 heavy (non-hydrogen) atoms. The molecule has 5 heteroatoms. The summed E-state index contributed by atoms with van der Waals surface area (Å²) in [5, 5.41) is 2.61. The molecular formula is C13H18F3NO. The van der Waals surface area contributed by atoms with E-state index in [1.54, 1.807) is 13.8 Å². The molecule has 1 saturated carbocycles. The number of rotatable bonds is 2. The van der Waals surface area contributed by atoms with Crippen LogP contribution in [0.5, 0.6) is 0 Å². The molecule has 0 bridgehead atoms. The van der Waals surface area contributed by atoms with Crippen LogP contribution in [0.4, 0.5) is 13.2 Å². The van der Waals surface area contributed by atoms with Gasteiger partial charge in [-0.15, -0.1) is 6.42 Å². The molecule has 1 amide bonds. The third kappa shape index (κ3) is 3.94. The zero-order valence-electron chi connectivity index (χ0n) is 10.6. The van der Waals surface area contributed by atoms with Crippen molar-refractivity contribution in [2.45, 2.75) is 51.2 Å². The summed E-state index contributed by atoms with van der Waals surface area (Å²) < 4.78 is 37.9. The van der Waals surface area contributed by atoms with Crippen LogP contribution in [0.2, 0.25) is 0 Å². The van der Waals surface area contributed by atoms with Gasteiger partial charge in [0.25, 0.3) is 0 Å². The van der Waals surface area contributed by atoms with Gasteiger partial charge in [0.1, 0.15) is 0 Å². The summed E-state index contributed by atoms with van der Waals surface area (Å²) in [5.74, 6) is 0.0799. The maximum absolute atomic E-state index is 12.6. The predicted octanol–water partition coefficient (Wildman–Crippen LogP) is 2.88. The lowest BCUT2D eigenvalue weighted by atomic mass is 9.80. The molecular weight excluding hydrogens is 243 g/mol. The Kier molecular flexibility index (Phi) is 4.31. The topological polar surface area (TPSA) is 29.1 Å². The van der Waals surface area contributed by atoms with Crippen molar-refractivity contribution < 1.29 is 18.0 Å². The highest BCUT2D eigenvalue weighted by Crippen LogP contribution is 2.40. The smallest absolute Gasteiger partial charge is 0.340 e. The van der Waals surface area contributed by atoms with E-state index in [0.717, 1.165) is 0 Å². The fourth-order valence-electron chi connectivity index (χ4n) is 2.17. The molecule has 0 aromatic rings. The lowest BCUT2D eigenvalue weighted by Gasteiger charge is -2.31. The molecule has 0 aliphatic heterocycles. The minimum absolute atomic E-state index is 0.117. The van der Waals surface area contributed by atoms with E-state index in [2.05, 4.69) is 11.2 Å². The van der Waals surface area contributed by atoms with E-state index >= 15 is 0 Å². The monoisotopic (exact) mass is 261 g/mol. The normalized spacial score (nSPS) is 25.3. The summed E-state index contributed by atoms with van der Waals surface area (Å²) in [7, 11) is 0. The predicted molar refractivity (Wildman–Crippen MR) is 62.6 cm³/mol. The van der Waals surface area contributed by atoms with Gasteiger partial charge in [-0.05, 0) is 33.1 Å². The Balaban J connectivity index is 2.63. The number of halogens is 3. The van der Waals surface area contributed by atoms with Gasteiger partial charge in [-0.25, -0.2) is 0 Å². The van der Waals surface area contributed by atoms with Crippen molar-refractivity contribution in [3.63, 3.8) is 0 Å². The molecule has 2 atom stereocenters. The fourth-order valence-corrected chi connectivity index (χ4v) is 2.17. The van der Waals surface area contributed by atoms with Crippen molar-refractivity contribution in [3.05, 3.63) is 0 Å². The van der Waals surface area contributed by atoms with Crippen molar-refractivity contribution >= 4 is 5.91 Å². The molecule has 1 rings (SSSR count). The second-order valence-corrected chi connectivity index (χ2v) is 5.36. The first-order valence-electron chi connectivity index (χ1n) is 6.02. The number of amides is 1. The van der Waals surface area contributed by atoms with E-state index in [4.69, 9.17) is 6.42 Å². The third-order valence-electron chi connectivity index (χ3n) is 3.30. The molecule has 0 aromatic heterocycles. The number of alkyl halides is 3. The van der Waals surface area contributed by atoms with Crippen LogP contribution in [-0.4, -0.2) is 17.6 Å². The van der Waals surface area contributed by atoms with E-state index in [1.807, 2.05) is 0 Å². The fraction of sp³-hybridized carbons (Fsp3) is 0.769. The van der Waals surface area contributed by atoms with Crippen LogP contribution < -0.4 is 5.32 Å². The number of terminal acetylenes is 1. The summed E-state index contributed by atoms with van der Waals surface area (Å²) in [6, 6.07) is 0. The van der Waals surface area contributed by atoms with E-state index in [1.165, 1.54) is 0 Å². The van der Waals surface area contributed by atoms with Crippen LogP contribution in [-0.2, 0) is 4.79 Å². The minimum atomic E-state index is -4.21. The van der Waals surface area contributed by atoms with Crippen molar-refractivity contribution in [3.8, 4) is 12.3 Å². The van der Waals surface area contributed by atoms with Gasteiger partial charge in [-0.3, -0.25) is 4.79 Å². The Labute approximate surface area is 105 Å². The summed E-state index contributed by atoms with van der Waals surface area (Å²) >= 11 is 0. The molecule has 2 unspecified atom stereocenters. The summed E-state index contributed by atoms with van der Waals surface area (Å²) in [5.41, 5.74) is -0.817. The van der Waals surface area contributed by atoms with Gasteiger partial charge < -0.3 is 5.32 Å². The Morgan fingerprint density at radius 2 is 1.94 bits per heavy atom. The van der Waals surface area contributed by atoms with Gasteiger partial charge in [0, 0.05) is 5.92 Å². The molecule has 1 N–H and O–H groups in total. The zero-order chi connectivity index (χ0) is 14.0. The van der Waals surface area contributed by atoms with Crippen LogP contribution >= 0.6 is 0 Å². The lowest BCUT2D eigenvalue weighted by Crippen LogP contribution is -2.46. The SMILES string of the molecule is C#CC(C)(C)NC(=O)C1CCCC(C(F)(F)F)C1.